The third kappa shape index (κ3) is 4.12. The molecule has 1 aromatic heterocycles. The van der Waals surface area contributed by atoms with Crippen molar-refractivity contribution in [1.82, 2.24) is 10.3 Å². The molecule has 0 saturated carbocycles. The minimum absolute atomic E-state index is 0.0543. The lowest BCUT2D eigenvalue weighted by Crippen LogP contribution is -2.48. The Balaban J connectivity index is 1.52. The van der Waals surface area contributed by atoms with Crippen LogP contribution in [0.2, 0.25) is 0 Å². The number of sulfone groups is 1. The van der Waals surface area contributed by atoms with Crippen molar-refractivity contribution in [3.63, 3.8) is 0 Å². The third-order valence-corrected chi connectivity index (χ3v) is 7.56. The van der Waals surface area contributed by atoms with Crippen LogP contribution < -0.4 is 5.32 Å². The predicted octanol–water partition coefficient (Wildman–Crippen LogP) is 1.96. The molecule has 1 fully saturated rings. The van der Waals surface area contributed by atoms with Crippen molar-refractivity contribution in [2.24, 2.45) is 0 Å². The van der Waals surface area contributed by atoms with Gasteiger partial charge >= 0.3 is 5.97 Å². The fourth-order valence-electron chi connectivity index (χ4n) is 4.29. The van der Waals surface area contributed by atoms with Crippen molar-refractivity contribution in [1.29, 1.82) is 0 Å². The van der Waals surface area contributed by atoms with E-state index in [4.69, 9.17) is 9.72 Å². The summed E-state index contributed by atoms with van der Waals surface area (Å²) in [5.41, 5.74) is 2.26. The van der Waals surface area contributed by atoms with Crippen molar-refractivity contribution in [2.75, 3.05) is 18.1 Å². The molecule has 4 rings (SSSR count). The molecule has 154 valence electrons. The van der Waals surface area contributed by atoms with Gasteiger partial charge in [0.1, 0.15) is 0 Å². The second kappa shape index (κ2) is 7.40. The fraction of sp³-hybridized carbons (Fsp3) is 0.476. The van der Waals surface area contributed by atoms with Gasteiger partial charge in [-0.15, -0.1) is 0 Å². The van der Waals surface area contributed by atoms with E-state index in [1.54, 1.807) is 6.92 Å². The van der Waals surface area contributed by atoms with E-state index in [-0.39, 0.29) is 11.5 Å². The van der Waals surface area contributed by atoms with Gasteiger partial charge in [-0.3, -0.25) is 9.78 Å². The lowest BCUT2D eigenvalue weighted by Gasteiger charge is -2.24. The molecule has 0 bridgehead atoms. The summed E-state index contributed by atoms with van der Waals surface area (Å²) in [6.07, 6.45) is 3.97. The average Bonchev–Trinajstić information content (AvgIpc) is 2.96. The first-order valence-electron chi connectivity index (χ1n) is 9.85. The number of para-hydroxylation sites is 1. The lowest BCUT2D eigenvalue weighted by atomic mass is 9.90. The van der Waals surface area contributed by atoms with Crippen molar-refractivity contribution in [2.45, 2.75) is 44.6 Å². The summed E-state index contributed by atoms with van der Waals surface area (Å²) in [6, 6.07) is 7.45. The molecule has 8 heteroatoms. The van der Waals surface area contributed by atoms with Gasteiger partial charge in [-0.25, -0.2) is 13.2 Å². The zero-order chi connectivity index (χ0) is 20.6. The molecule has 2 heterocycles. The molecule has 29 heavy (non-hydrogen) atoms. The summed E-state index contributed by atoms with van der Waals surface area (Å²) in [6.45, 7) is 1.25. The Morgan fingerprint density at radius 2 is 1.97 bits per heavy atom. The van der Waals surface area contributed by atoms with Gasteiger partial charge in [-0.05, 0) is 50.7 Å². The van der Waals surface area contributed by atoms with Gasteiger partial charge in [0.15, 0.2) is 16.4 Å². The molecule has 0 radical (unpaired) electrons. The van der Waals surface area contributed by atoms with Crippen LogP contribution in [0.1, 0.15) is 47.8 Å². The number of rotatable bonds is 4. The molecule has 1 saturated heterocycles. The van der Waals surface area contributed by atoms with Crippen LogP contribution >= 0.6 is 0 Å². The maximum atomic E-state index is 12.9. The van der Waals surface area contributed by atoms with E-state index in [9.17, 15) is 18.0 Å². The molecule has 1 amide bonds. The van der Waals surface area contributed by atoms with E-state index in [2.05, 4.69) is 5.32 Å². The molecule has 1 unspecified atom stereocenters. The van der Waals surface area contributed by atoms with Gasteiger partial charge in [0, 0.05) is 11.1 Å². The molecule has 0 spiro atoms. The number of carbonyl (C=O) groups excluding carboxylic acids is 2. The first-order valence-corrected chi connectivity index (χ1v) is 11.7. The molecule has 1 aliphatic carbocycles. The molecular formula is C21H24N2O5S. The van der Waals surface area contributed by atoms with E-state index >= 15 is 0 Å². The Kier molecular flexibility index (Phi) is 5.06. The fourth-order valence-corrected chi connectivity index (χ4v) is 6.38. The van der Waals surface area contributed by atoms with E-state index in [0.717, 1.165) is 47.8 Å². The van der Waals surface area contributed by atoms with Crippen molar-refractivity contribution < 1.29 is 22.7 Å². The number of ether oxygens (including phenoxy) is 1. The number of pyridine rings is 1. The maximum Gasteiger partial charge on any atom is 0.339 e. The van der Waals surface area contributed by atoms with Crippen LogP contribution in [0.5, 0.6) is 0 Å². The standard InChI is InChI=1S/C21H24N2O5S/c1-21(10-11-29(26,27)13-21)23-18(24)12-28-20(25)19-14-6-2-4-8-16(14)22-17-9-5-3-7-15(17)19/h2,4,6,8H,3,5,7,9-13H2,1H3,(H,23,24). The Labute approximate surface area is 169 Å². The predicted molar refractivity (Wildman–Crippen MR) is 108 cm³/mol. The summed E-state index contributed by atoms with van der Waals surface area (Å²) in [7, 11) is -3.14. The maximum absolute atomic E-state index is 12.9. The molecule has 1 aliphatic heterocycles. The highest BCUT2D eigenvalue weighted by Gasteiger charge is 2.39. The Hall–Kier alpha value is -2.48. The summed E-state index contributed by atoms with van der Waals surface area (Å²) in [5.74, 6) is -1.08. The van der Waals surface area contributed by atoms with Crippen molar-refractivity contribution in [3.8, 4) is 0 Å². The van der Waals surface area contributed by atoms with Crippen molar-refractivity contribution in [3.05, 3.63) is 41.1 Å². The van der Waals surface area contributed by atoms with Crippen LogP contribution in [-0.2, 0) is 32.2 Å². The molecule has 2 aromatic rings. The minimum Gasteiger partial charge on any atom is -0.452 e. The molecular weight excluding hydrogens is 392 g/mol. The van der Waals surface area contributed by atoms with Crippen LogP contribution in [0, 0.1) is 0 Å². The quantitative estimate of drug-likeness (QED) is 0.765. The van der Waals surface area contributed by atoms with Gasteiger partial charge < -0.3 is 10.1 Å². The SMILES string of the molecule is CC1(NC(=O)COC(=O)c2c3c(nc4ccccc24)CCCC3)CCS(=O)(=O)C1. The van der Waals surface area contributed by atoms with E-state index in [1.807, 2.05) is 24.3 Å². The van der Waals surface area contributed by atoms with Crippen LogP contribution in [0.15, 0.2) is 24.3 Å². The average molecular weight is 416 g/mol. The highest BCUT2D eigenvalue weighted by atomic mass is 32.2. The van der Waals surface area contributed by atoms with E-state index in [1.165, 1.54) is 0 Å². The Morgan fingerprint density at radius 1 is 1.21 bits per heavy atom. The molecule has 2 aliphatic rings. The first kappa shape index (κ1) is 19.8. The summed E-state index contributed by atoms with van der Waals surface area (Å²) in [5, 5.41) is 3.44. The van der Waals surface area contributed by atoms with E-state index < -0.39 is 33.9 Å². The topological polar surface area (TPSA) is 102 Å². The van der Waals surface area contributed by atoms with Crippen molar-refractivity contribution >= 4 is 32.6 Å². The van der Waals surface area contributed by atoms with Gasteiger partial charge in [-0.2, -0.15) is 0 Å². The second-order valence-corrected chi connectivity index (χ2v) is 10.3. The number of aromatic nitrogens is 1. The van der Waals surface area contributed by atoms with Crippen LogP contribution in [0.25, 0.3) is 10.9 Å². The molecule has 1 atom stereocenters. The smallest absolute Gasteiger partial charge is 0.339 e. The Bertz CT molecular complexity index is 1100. The largest absolute Gasteiger partial charge is 0.452 e. The number of hydrogen-bond acceptors (Lipinski definition) is 6. The van der Waals surface area contributed by atoms with Crippen LogP contribution in [-0.4, -0.2) is 48.9 Å². The number of benzene rings is 1. The number of aryl methyl sites for hydroxylation is 1. The number of fused-ring (bicyclic) bond motifs is 2. The summed E-state index contributed by atoms with van der Waals surface area (Å²) in [4.78, 5) is 29.9. The number of nitrogens with one attached hydrogen (secondary N) is 1. The lowest BCUT2D eigenvalue weighted by molar-refractivity contribution is -0.125. The third-order valence-electron chi connectivity index (χ3n) is 5.65. The summed E-state index contributed by atoms with van der Waals surface area (Å²) < 4.78 is 28.7. The number of carbonyl (C=O) groups is 2. The van der Waals surface area contributed by atoms with Crippen LogP contribution in [0.3, 0.4) is 0 Å². The summed E-state index contributed by atoms with van der Waals surface area (Å²) >= 11 is 0. The zero-order valence-corrected chi connectivity index (χ0v) is 17.2. The van der Waals surface area contributed by atoms with Crippen LogP contribution in [0.4, 0.5) is 0 Å². The van der Waals surface area contributed by atoms with Gasteiger partial charge in [0.25, 0.3) is 5.91 Å². The molecule has 1 aromatic carbocycles. The monoisotopic (exact) mass is 416 g/mol. The molecule has 7 nitrogen and oxygen atoms in total. The van der Waals surface area contributed by atoms with Gasteiger partial charge in [-0.1, -0.05) is 18.2 Å². The Morgan fingerprint density at radius 3 is 2.72 bits per heavy atom. The molecule has 1 N–H and O–H groups in total. The second-order valence-electron chi connectivity index (χ2n) is 8.16. The normalized spacial score (nSPS) is 22.8. The zero-order valence-electron chi connectivity index (χ0n) is 16.4. The highest BCUT2D eigenvalue weighted by molar-refractivity contribution is 7.91. The first-order chi connectivity index (χ1) is 13.8. The number of esters is 1. The highest BCUT2D eigenvalue weighted by Crippen LogP contribution is 2.30. The number of amides is 1. The number of hydrogen-bond donors (Lipinski definition) is 1. The van der Waals surface area contributed by atoms with Gasteiger partial charge in [0.05, 0.1) is 28.1 Å². The van der Waals surface area contributed by atoms with E-state index in [0.29, 0.717) is 12.0 Å². The van der Waals surface area contributed by atoms with Gasteiger partial charge in [0.2, 0.25) is 0 Å². The minimum atomic E-state index is -3.14. The number of nitrogens with zero attached hydrogens (tertiary/aromatic N) is 1.